The molecule has 2 nitrogen and oxygen atoms in total. The van der Waals surface area contributed by atoms with Gasteiger partial charge in [-0.25, -0.2) is 0 Å². The molecule has 1 fully saturated rings. The summed E-state index contributed by atoms with van der Waals surface area (Å²) in [7, 11) is 0. The molecule has 1 aliphatic rings. The predicted molar refractivity (Wildman–Crippen MR) is 71.8 cm³/mol. The smallest absolute Gasteiger partial charge is 0.000523 e. The normalized spacial score (nSPS) is 25.1. The van der Waals surface area contributed by atoms with Crippen molar-refractivity contribution >= 4 is 0 Å². The Morgan fingerprint density at radius 1 is 1.06 bits per heavy atom. The van der Waals surface area contributed by atoms with Gasteiger partial charge in [-0.2, -0.15) is 0 Å². The van der Waals surface area contributed by atoms with E-state index in [1.807, 2.05) is 0 Å². The molecule has 0 radical (unpaired) electrons. The standard InChI is InChI=1S/C14H30N2/c1-3-4-5-6-7-8-9-15-11-14-12-16-10-13(14)2/h13-16H,3-12H2,1-2H3/t13-,14-/m1/s1. The van der Waals surface area contributed by atoms with E-state index in [0.29, 0.717) is 0 Å². The van der Waals surface area contributed by atoms with E-state index in [9.17, 15) is 0 Å². The summed E-state index contributed by atoms with van der Waals surface area (Å²) in [6.45, 7) is 9.49. The molecule has 1 aliphatic heterocycles. The fraction of sp³-hybridized carbons (Fsp3) is 1.00. The fourth-order valence-corrected chi connectivity index (χ4v) is 2.46. The van der Waals surface area contributed by atoms with E-state index < -0.39 is 0 Å². The molecule has 2 heteroatoms. The zero-order valence-electron chi connectivity index (χ0n) is 11.2. The molecule has 0 aromatic carbocycles. The SMILES string of the molecule is CCCCCCCCNC[C@@H]1CNC[C@H]1C. The molecule has 0 aromatic heterocycles. The van der Waals surface area contributed by atoms with Crippen LogP contribution < -0.4 is 10.6 Å². The maximum absolute atomic E-state index is 3.61. The minimum atomic E-state index is 0.858. The van der Waals surface area contributed by atoms with E-state index in [2.05, 4.69) is 24.5 Å². The Balaban J connectivity index is 1.81. The van der Waals surface area contributed by atoms with Gasteiger partial charge in [-0.1, -0.05) is 46.0 Å². The van der Waals surface area contributed by atoms with E-state index in [4.69, 9.17) is 0 Å². The first-order valence-corrected chi connectivity index (χ1v) is 7.26. The molecule has 1 heterocycles. The van der Waals surface area contributed by atoms with Gasteiger partial charge in [-0.15, -0.1) is 0 Å². The lowest BCUT2D eigenvalue weighted by Gasteiger charge is -2.14. The lowest BCUT2D eigenvalue weighted by molar-refractivity contribution is 0.416. The van der Waals surface area contributed by atoms with Crippen molar-refractivity contribution < 1.29 is 0 Å². The van der Waals surface area contributed by atoms with Crippen molar-refractivity contribution in [2.24, 2.45) is 11.8 Å². The van der Waals surface area contributed by atoms with E-state index >= 15 is 0 Å². The van der Waals surface area contributed by atoms with Gasteiger partial charge >= 0.3 is 0 Å². The first kappa shape index (κ1) is 14.0. The van der Waals surface area contributed by atoms with Crippen LogP contribution in [-0.2, 0) is 0 Å². The fourth-order valence-electron chi connectivity index (χ4n) is 2.46. The molecule has 0 aliphatic carbocycles. The number of unbranched alkanes of at least 4 members (excludes halogenated alkanes) is 5. The van der Waals surface area contributed by atoms with Gasteiger partial charge in [0.15, 0.2) is 0 Å². The second kappa shape index (κ2) is 9.00. The van der Waals surface area contributed by atoms with Crippen molar-refractivity contribution in [1.82, 2.24) is 10.6 Å². The minimum Gasteiger partial charge on any atom is -0.316 e. The highest BCUT2D eigenvalue weighted by Crippen LogP contribution is 2.14. The second-order valence-electron chi connectivity index (χ2n) is 5.37. The van der Waals surface area contributed by atoms with Crippen LogP contribution in [-0.4, -0.2) is 26.2 Å². The highest BCUT2D eigenvalue weighted by atomic mass is 14.9. The van der Waals surface area contributed by atoms with Crippen molar-refractivity contribution in [2.75, 3.05) is 26.2 Å². The van der Waals surface area contributed by atoms with Crippen LogP contribution in [0.3, 0.4) is 0 Å². The third-order valence-corrected chi connectivity index (χ3v) is 3.79. The van der Waals surface area contributed by atoms with E-state index in [1.54, 1.807) is 0 Å². The monoisotopic (exact) mass is 226 g/mol. The second-order valence-corrected chi connectivity index (χ2v) is 5.37. The maximum atomic E-state index is 3.61. The Bertz CT molecular complexity index is 159. The van der Waals surface area contributed by atoms with Crippen LogP contribution >= 0.6 is 0 Å². The number of nitrogens with one attached hydrogen (secondary N) is 2. The number of hydrogen-bond donors (Lipinski definition) is 2. The third kappa shape index (κ3) is 5.86. The van der Waals surface area contributed by atoms with Gasteiger partial charge in [-0.05, 0) is 44.4 Å². The molecule has 2 atom stereocenters. The molecule has 0 bridgehead atoms. The molecule has 0 unspecified atom stereocenters. The molecule has 0 saturated carbocycles. The van der Waals surface area contributed by atoms with Crippen molar-refractivity contribution in [3.63, 3.8) is 0 Å². The first-order valence-electron chi connectivity index (χ1n) is 7.26. The first-order chi connectivity index (χ1) is 7.84. The van der Waals surface area contributed by atoms with Crippen LogP contribution in [0, 0.1) is 11.8 Å². The van der Waals surface area contributed by atoms with Crippen LogP contribution in [0.2, 0.25) is 0 Å². The summed E-state index contributed by atoms with van der Waals surface area (Å²) in [6.07, 6.45) is 8.39. The Morgan fingerprint density at radius 2 is 1.81 bits per heavy atom. The quantitative estimate of drug-likeness (QED) is 0.591. The molecule has 0 amide bonds. The van der Waals surface area contributed by atoms with Crippen molar-refractivity contribution in [3.05, 3.63) is 0 Å². The molecule has 16 heavy (non-hydrogen) atoms. The van der Waals surface area contributed by atoms with Gasteiger partial charge < -0.3 is 10.6 Å². The van der Waals surface area contributed by atoms with Crippen LogP contribution in [0.15, 0.2) is 0 Å². The van der Waals surface area contributed by atoms with Gasteiger partial charge in [0.25, 0.3) is 0 Å². The van der Waals surface area contributed by atoms with Crippen molar-refractivity contribution in [3.8, 4) is 0 Å². The molecule has 1 saturated heterocycles. The van der Waals surface area contributed by atoms with E-state index in [-0.39, 0.29) is 0 Å². The van der Waals surface area contributed by atoms with Crippen LogP contribution in [0.25, 0.3) is 0 Å². The molecular formula is C14H30N2. The summed E-state index contributed by atoms with van der Waals surface area (Å²) in [5, 5.41) is 7.07. The van der Waals surface area contributed by atoms with Gasteiger partial charge in [0.05, 0.1) is 0 Å². The topological polar surface area (TPSA) is 24.1 Å². The lowest BCUT2D eigenvalue weighted by atomic mass is 9.98. The molecule has 0 spiro atoms. The third-order valence-electron chi connectivity index (χ3n) is 3.79. The Morgan fingerprint density at radius 3 is 2.50 bits per heavy atom. The van der Waals surface area contributed by atoms with E-state index in [1.165, 1.54) is 64.7 Å². The summed E-state index contributed by atoms with van der Waals surface area (Å²) in [5.74, 6) is 1.72. The van der Waals surface area contributed by atoms with Crippen LogP contribution in [0.1, 0.15) is 52.4 Å². The largest absolute Gasteiger partial charge is 0.316 e. The van der Waals surface area contributed by atoms with Crippen molar-refractivity contribution in [2.45, 2.75) is 52.4 Å². The van der Waals surface area contributed by atoms with Gasteiger partial charge in [0, 0.05) is 0 Å². The summed E-state index contributed by atoms with van der Waals surface area (Å²) < 4.78 is 0. The highest BCUT2D eigenvalue weighted by molar-refractivity contribution is 4.79. The Labute approximate surface area is 102 Å². The van der Waals surface area contributed by atoms with Crippen LogP contribution in [0.4, 0.5) is 0 Å². The molecule has 2 N–H and O–H groups in total. The van der Waals surface area contributed by atoms with Gasteiger partial charge in [0.2, 0.25) is 0 Å². The minimum absolute atomic E-state index is 0.858. The van der Waals surface area contributed by atoms with Crippen molar-refractivity contribution in [1.29, 1.82) is 0 Å². The zero-order chi connectivity index (χ0) is 11.6. The lowest BCUT2D eigenvalue weighted by Crippen LogP contribution is -2.27. The number of rotatable bonds is 9. The molecule has 1 rings (SSSR count). The summed E-state index contributed by atoms with van der Waals surface area (Å²) in [5.41, 5.74) is 0. The Kier molecular flexibility index (Phi) is 7.87. The molecule has 96 valence electrons. The Hall–Kier alpha value is -0.0800. The molecule has 0 aromatic rings. The van der Waals surface area contributed by atoms with E-state index in [0.717, 1.165) is 11.8 Å². The summed E-state index contributed by atoms with van der Waals surface area (Å²) in [6, 6.07) is 0. The van der Waals surface area contributed by atoms with Gasteiger partial charge in [-0.3, -0.25) is 0 Å². The zero-order valence-corrected chi connectivity index (χ0v) is 11.2. The van der Waals surface area contributed by atoms with Crippen LogP contribution in [0.5, 0.6) is 0 Å². The average Bonchev–Trinajstić information content (AvgIpc) is 2.68. The summed E-state index contributed by atoms with van der Waals surface area (Å²) >= 11 is 0. The average molecular weight is 226 g/mol. The predicted octanol–water partition coefficient (Wildman–Crippen LogP) is 2.79. The van der Waals surface area contributed by atoms with Gasteiger partial charge in [0.1, 0.15) is 0 Å². The highest BCUT2D eigenvalue weighted by Gasteiger charge is 2.21. The summed E-state index contributed by atoms with van der Waals surface area (Å²) in [4.78, 5) is 0. The number of hydrogen-bond acceptors (Lipinski definition) is 2. The maximum Gasteiger partial charge on any atom is -0.000523 e. The molecular weight excluding hydrogens is 196 g/mol.